The molecule has 0 bridgehead atoms. The largest absolute Gasteiger partial charge is 0.394 e. The smallest absolute Gasteiger partial charge is 0.173 e. The first-order chi connectivity index (χ1) is 20.9. The quantitative estimate of drug-likeness (QED) is 0.0375. The van der Waals surface area contributed by atoms with Crippen molar-refractivity contribution in [1.82, 2.24) is 0 Å². The van der Waals surface area contributed by atoms with Crippen molar-refractivity contribution in [2.45, 2.75) is 205 Å². The van der Waals surface area contributed by atoms with E-state index in [0.717, 1.165) is 51.4 Å². The lowest BCUT2D eigenvalue weighted by molar-refractivity contribution is -0.140. The molecule has 0 aromatic heterocycles. The Hall–Kier alpha value is -0.610. The van der Waals surface area contributed by atoms with Crippen LogP contribution in [0.5, 0.6) is 0 Å². The van der Waals surface area contributed by atoms with Gasteiger partial charge in [0.2, 0.25) is 0 Å². The van der Waals surface area contributed by atoms with Crippen LogP contribution in [0, 0.1) is 0 Å². The van der Waals surface area contributed by atoms with Crippen molar-refractivity contribution in [2.24, 2.45) is 0 Å². The molecule has 0 aromatic rings. The minimum atomic E-state index is -2.15. The number of allylic oxidation sites excluding steroid dienone is 2. The minimum Gasteiger partial charge on any atom is -0.394 e. The van der Waals surface area contributed by atoms with Crippen LogP contribution in [0.25, 0.3) is 0 Å². The molecule has 0 fully saturated rings. The van der Waals surface area contributed by atoms with Gasteiger partial charge < -0.3 is 15.3 Å². The fourth-order valence-electron chi connectivity index (χ4n) is 5.60. The maximum Gasteiger partial charge on any atom is 0.173 e. The highest BCUT2D eigenvalue weighted by atomic mass is 31.1. The van der Waals surface area contributed by atoms with Crippen LogP contribution in [0.3, 0.4) is 0 Å². The second-order valence-corrected chi connectivity index (χ2v) is 14.3. The Kier molecular flexibility index (Phi) is 30.9. The molecule has 254 valence electrons. The molecule has 43 heavy (non-hydrogen) atoms. The number of hydrogen-bond donors (Lipinski definition) is 3. The number of aliphatic hydroxyl groups is 3. The zero-order valence-corrected chi connectivity index (χ0v) is 29.4. The summed E-state index contributed by atoms with van der Waals surface area (Å²) in [6.07, 6.45) is 34.5. The molecule has 0 aliphatic heterocycles. The molecule has 0 spiro atoms. The molecule has 3 N–H and O–H groups in total. The van der Waals surface area contributed by atoms with E-state index in [1.165, 1.54) is 109 Å². The molecular weight excluding hydrogens is 555 g/mol. The van der Waals surface area contributed by atoms with E-state index in [1.807, 2.05) is 0 Å². The summed E-state index contributed by atoms with van der Waals surface area (Å²) >= 11 is 0. The first-order valence-electron chi connectivity index (χ1n) is 18.4. The summed E-state index contributed by atoms with van der Waals surface area (Å²) in [5, 5.41) is 28.5. The molecule has 6 heteroatoms. The first kappa shape index (κ1) is 42.4. The van der Waals surface area contributed by atoms with Gasteiger partial charge in [0, 0.05) is 12.8 Å². The number of Topliss-reactive ketones (excluding diaryl/α,β-unsaturated/α-hetero) is 1. The van der Waals surface area contributed by atoms with Gasteiger partial charge >= 0.3 is 0 Å². The summed E-state index contributed by atoms with van der Waals surface area (Å²) in [6, 6.07) is 0. The SMILES string of the molecule is CCCCCCCCC=CCCCCCCCC(=O)PC(O)(C(=O)CCCCCCCCCCCCCCC)C(O)CO. The van der Waals surface area contributed by atoms with Gasteiger partial charge in [-0.2, -0.15) is 0 Å². The van der Waals surface area contributed by atoms with Crippen molar-refractivity contribution in [2.75, 3.05) is 6.61 Å². The number of aliphatic hydroxyl groups excluding tert-OH is 2. The number of ketones is 1. The Morgan fingerprint density at radius 3 is 1.33 bits per heavy atom. The maximum absolute atomic E-state index is 12.8. The molecule has 3 unspecified atom stereocenters. The van der Waals surface area contributed by atoms with Crippen LogP contribution in [-0.4, -0.2) is 44.7 Å². The monoisotopic (exact) mass is 627 g/mol. The molecule has 3 atom stereocenters. The number of carbonyl (C=O) groups is 2. The van der Waals surface area contributed by atoms with Crippen LogP contribution in [0.15, 0.2) is 12.2 Å². The van der Waals surface area contributed by atoms with E-state index in [4.69, 9.17) is 0 Å². The summed E-state index contributed by atoms with van der Waals surface area (Å²) in [6.45, 7) is 3.77. The third kappa shape index (κ3) is 25.3. The lowest BCUT2D eigenvalue weighted by Gasteiger charge is -2.30. The van der Waals surface area contributed by atoms with E-state index >= 15 is 0 Å². The lowest BCUT2D eigenvalue weighted by atomic mass is 10.0. The van der Waals surface area contributed by atoms with Crippen LogP contribution < -0.4 is 0 Å². The van der Waals surface area contributed by atoms with Crippen molar-refractivity contribution in [3.63, 3.8) is 0 Å². The van der Waals surface area contributed by atoms with Gasteiger partial charge in [0.1, 0.15) is 6.10 Å². The second-order valence-electron chi connectivity index (χ2n) is 12.8. The van der Waals surface area contributed by atoms with E-state index in [9.17, 15) is 24.9 Å². The maximum atomic E-state index is 12.8. The topological polar surface area (TPSA) is 94.8 Å². The highest BCUT2D eigenvalue weighted by Gasteiger charge is 2.43. The first-order valence-corrected chi connectivity index (χ1v) is 19.4. The predicted molar refractivity (Wildman–Crippen MR) is 186 cm³/mol. The standard InChI is InChI=1S/C37H71O5P/c1-3-5-7-9-11-13-15-17-18-20-22-24-26-28-30-32-36(41)43-37(42,35(40)33-38)34(39)31-29-27-25-23-21-19-16-14-12-10-8-6-4-2/h17-18,35,38,40,42-43H,3-16,19-33H2,1-2H3. The molecule has 0 saturated heterocycles. The fourth-order valence-corrected chi connectivity index (χ4v) is 6.85. The normalized spacial score (nSPS) is 14.2. The van der Waals surface area contributed by atoms with Crippen LogP contribution in [0.2, 0.25) is 0 Å². The Morgan fingerprint density at radius 1 is 0.581 bits per heavy atom. The van der Waals surface area contributed by atoms with Crippen molar-refractivity contribution in [1.29, 1.82) is 0 Å². The number of carbonyl (C=O) groups excluding carboxylic acids is 2. The van der Waals surface area contributed by atoms with Crippen LogP contribution in [-0.2, 0) is 9.59 Å². The highest BCUT2D eigenvalue weighted by molar-refractivity contribution is 7.60. The van der Waals surface area contributed by atoms with Gasteiger partial charge in [-0.3, -0.25) is 9.59 Å². The van der Waals surface area contributed by atoms with Crippen molar-refractivity contribution >= 4 is 19.9 Å². The zero-order valence-electron chi connectivity index (χ0n) is 28.4. The summed E-state index contributed by atoms with van der Waals surface area (Å²) < 4.78 is 0. The Balaban J connectivity index is 3.97. The van der Waals surface area contributed by atoms with Gasteiger partial charge in [-0.1, -0.05) is 154 Å². The van der Waals surface area contributed by atoms with E-state index in [0.29, 0.717) is 12.8 Å². The second kappa shape index (κ2) is 31.4. The highest BCUT2D eigenvalue weighted by Crippen LogP contribution is 2.37. The molecule has 0 aliphatic carbocycles. The summed E-state index contributed by atoms with van der Waals surface area (Å²) in [4.78, 5) is 25.4. The molecule has 5 nitrogen and oxygen atoms in total. The molecule has 0 aromatic carbocycles. The number of unbranched alkanes of at least 4 members (excludes halogenated alkanes) is 23. The van der Waals surface area contributed by atoms with Crippen molar-refractivity contribution in [3.05, 3.63) is 12.2 Å². The van der Waals surface area contributed by atoms with Crippen molar-refractivity contribution in [3.8, 4) is 0 Å². The third-order valence-electron chi connectivity index (χ3n) is 8.58. The Morgan fingerprint density at radius 2 is 0.930 bits per heavy atom. The third-order valence-corrected chi connectivity index (χ3v) is 10.1. The summed E-state index contributed by atoms with van der Waals surface area (Å²) in [5.41, 5.74) is -0.189. The lowest BCUT2D eigenvalue weighted by Crippen LogP contribution is -2.48. The van der Waals surface area contributed by atoms with Gasteiger partial charge in [-0.05, 0) is 47.1 Å². The van der Waals surface area contributed by atoms with Gasteiger partial charge in [0.25, 0.3) is 0 Å². The summed E-state index contributed by atoms with van der Waals surface area (Å²) in [7, 11) is -0.712. The zero-order chi connectivity index (χ0) is 31.9. The molecule has 0 saturated carbocycles. The Bertz CT molecular complexity index is 667. The Labute approximate surface area is 268 Å². The van der Waals surface area contributed by atoms with E-state index in [-0.39, 0.29) is 11.9 Å². The molecule has 0 aliphatic rings. The van der Waals surface area contributed by atoms with Gasteiger partial charge in [0.15, 0.2) is 16.6 Å². The molecule has 0 amide bonds. The van der Waals surface area contributed by atoms with Crippen molar-refractivity contribution < 1.29 is 24.9 Å². The molecule has 0 rings (SSSR count). The molecule has 0 heterocycles. The van der Waals surface area contributed by atoms with E-state index in [2.05, 4.69) is 26.0 Å². The predicted octanol–water partition coefficient (Wildman–Crippen LogP) is 10.3. The summed E-state index contributed by atoms with van der Waals surface area (Å²) in [5.74, 6) is -0.506. The van der Waals surface area contributed by atoms with E-state index < -0.39 is 32.4 Å². The minimum absolute atomic E-state index is 0.138. The fraction of sp³-hybridized carbons (Fsp3) is 0.892. The van der Waals surface area contributed by atoms with E-state index in [1.54, 1.807) is 0 Å². The van der Waals surface area contributed by atoms with Crippen LogP contribution in [0.4, 0.5) is 0 Å². The molecule has 0 radical (unpaired) electrons. The number of rotatable bonds is 34. The van der Waals surface area contributed by atoms with Gasteiger partial charge in [0.05, 0.1) is 6.61 Å². The average Bonchev–Trinajstić information content (AvgIpc) is 3.00. The van der Waals surface area contributed by atoms with Gasteiger partial charge in [-0.25, -0.2) is 0 Å². The average molecular weight is 627 g/mol. The van der Waals surface area contributed by atoms with Crippen LogP contribution in [0.1, 0.15) is 194 Å². The van der Waals surface area contributed by atoms with Gasteiger partial charge in [-0.15, -0.1) is 0 Å². The number of hydrogen-bond acceptors (Lipinski definition) is 5. The van der Waals surface area contributed by atoms with Crippen LogP contribution >= 0.6 is 8.58 Å². The molecular formula is C37H71O5P.